The van der Waals surface area contributed by atoms with Crippen molar-refractivity contribution >= 4 is 5.69 Å². The lowest BCUT2D eigenvalue weighted by Crippen LogP contribution is -2.40. The van der Waals surface area contributed by atoms with E-state index in [1.54, 1.807) is 0 Å². The third-order valence-corrected chi connectivity index (χ3v) is 4.45. The number of anilines is 1. The molecule has 2 unspecified atom stereocenters. The predicted molar refractivity (Wildman–Crippen MR) is 83.9 cm³/mol. The standard InChI is InChI=1S/C17H28N2/c1-4-15-8-10-17(11-9-15)19(3)14(2)13-16-7-5-6-12-18-16/h8-11,14,16,18H,4-7,12-13H2,1-3H3. The van der Waals surface area contributed by atoms with Crippen molar-refractivity contribution in [2.24, 2.45) is 0 Å². The smallest absolute Gasteiger partial charge is 0.0366 e. The molecule has 0 saturated carbocycles. The van der Waals surface area contributed by atoms with Gasteiger partial charge in [-0.15, -0.1) is 0 Å². The molecule has 0 radical (unpaired) electrons. The van der Waals surface area contributed by atoms with Gasteiger partial charge in [-0.1, -0.05) is 25.5 Å². The highest BCUT2D eigenvalue weighted by Gasteiger charge is 2.18. The molecule has 1 aromatic carbocycles. The molecule has 0 aliphatic carbocycles. The Morgan fingerprint density at radius 1 is 1.26 bits per heavy atom. The van der Waals surface area contributed by atoms with Crippen LogP contribution in [-0.2, 0) is 6.42 Å². The SMILES string of the molecule is CCc1ccc(N(C)C(C)CC2CCCCN2)cc1. The second kappa shape index (κ2) is 6.95. The van der Waals surface area contributed by atoms with Crippen LogP contribution in [0.25, 0.3) is 0 Å². The topological polar surface area (TPSA) is 15.3 Å². The van der Waals surface area contributed by atoms with E-state index >= 15 is 0 Å². The molecular formula is C17H28N2. The maximum Gasteiger partial charge on any atom is 0.0366 e. The van der Waals surface area contributed by atoms with Gasteiger partial charge in [0.1, 0.15) is 0 Å². The fourth-order valence-corrected chi connectivity index (χ4v) is 2.92. The summed E-state index contributed by atoms with van der Waals surface area (Å²) < 4.78 is 0. The van der Waals surface area contributed by atoms with Crippen LogP contribution in [0.4, 0.5) is 5.69 Å². The molecule has 19 heavy (non-hydrogen) atoms. The summed E-state index contributed by atoms with van der Waals surface area (Å²) in [6, 6.07) is 10.3. The van der Waals surface area contributed by atoms with Gasteiger partial charge in [-0.05, 0) is 56.8 Å². The number of benzene rings is 1. The molecule has 1 fully saturated rings. The molecule has 106 valence electrons. The first-order valence-electron chi connectivity index (χ1n) is 7.76. The van der Waals surface area contributed by atoms with Crippen LogP contribution in [-0.4, -0.2) is 25.7 Å². The van der Waals surface area contributed by atoms with Crippen LogP contribution >= 0.6 is 0 Å². The highest BCUT2D eigenvalue weighted by atomic mass is 15.1. The van der Waals surface area contributed by atoms with E-state index in [0.717, 1.165) is 6.42 Å². The molecular weight excluding hydrogens is 232 g/mol. The van der Waals surface area contributed by atoms with Crippen LogP contribution in [0.5, 0.6) is 0 Å². The Labute approximate surface area is 118 Å². The molecule has 2 heteroatoms. The fourth-order valence-electron chi connectivity index (χ4n) is 2.92. The summed E-state index contributed by atoms with van der Waals surface area (Å²) in [7, 11) is 2.22. The van der Waals surface area contributed by atoms with Crippen molar-refractivity contribution in [2.45, 2.75) is 58.0 Å². The van der Waals surface area contributed by atoms with Crippen LogP contribution in [0, 0.1) is 0 Å². The van der Waals surface area contributed by atoms with Crippen molar-refractivity contribution in [3.63, 3.8) is 0 Å². The van der Waals surface area contributed by atoms with Gasteiger partial charge in [0.25, 0.3) is 0 Å². The van der Waals surface area contributed by atoms with Crippen LogP contribution in [0.15, 0.2) is 24.3 Å². The van der Waals surface area contributed by atoms with Gasteiger partial charge in [0.05, 0.1) is 0 Å². The van der Waals surface area contributed by atoms with E-state index in [1.807, 2.05) is 0 Å². The Balaban J connectivity index is 1.91. The summed E-state index contributed by atoms with van der Waals surface area (Å²) in [4.78, 5) is 2.41. The number of hydrogen-bond acceptors (Lipinski definition) is 2. The normalized spacial score (nSPS) is 21.1. The summed E-state index contributed by atoms with van der Waals surface area (Å²) in [6.45, 7) is 5.74. The number of nitrogens with zero attached hydrogens (tertiary/aromatic N) is 1. The number of hydrogen-bond donors (Lipinski definition) is 1. The minimum absolute atomic E-state index is 0.586. The van der Waals surface area contributed by atoms with E-state index in [1.165, 1.54) is 43.5 Å². The van der Waals surface area contributed by atoms with Gasteiger partial charge in [0.2, 0.25) is 0 Å². The fraction of sp³-hybridized carbons (Fsp3) is 0.647. The molecule has 2 atom stereocenters. The quantitative estimate of drug-likeness (QED) is 0.870. The number of piperidine rings is 1. The molecule has 1 heterocycles. The third-order valence-electron chi connectivity index (χ3n) is 4.45. The average Bonchev–Trinajstić information content (AvgIpc) is 2.47. The summed E-state index contributed by atoms with van der Waals surface area (Å²) in [5, 5.41) is 3.65. The summed E-state index contributed by atoms with van der Waals surface area (Å²) >= 11 is 0. The first-order chi connectivity index (χ1) is 9.20. The van der Waals surface area contributed by atoms with Crippen LogP contribution < -0.4 is 10.2 Å². The molecule has 2 nitrogen and oxygen atoms in total. The molecule has 0 aromatic heterocycles. The molecule has 1 aliphatic rings. The van der Waals surface area contributed by atoms with Crippen molar-refractivity contribution in [3.8, 4) is 0 Å². The summed E-state index contributed by atoms with van der Waals surface area (Å²) in [5.41, 5.74) is 2.75. The highest BCUT2D eigenvalue weighted by Crippen LogP contribution is 2.20. The van der Waals surface area contributed by atoms with Gasteiger partial charge in [-0.25, -0.2) is 0 Å². The lowest BCUT2D eigenvalue weighted by atomic mass is 9.98. The number of nitrogens with one attached hydrogen (secondary N) is 1. The zero-order valence-electron chi connectivity index (χ0n) is 12.7. The largest absolute Gasteiger partial charge is 0.372 e. The lowest BCUT2D eigenvalue weighted by molar-refractivity contribution is 0.362. The highest BCUT2D eigenvalue weighted by molar-refractivity contribution is 5.47. The Bertz CT molecular complexity index is 365. The molecule has 1 saturated heterocycles. The maximum absolute atomic E-state index is 3.65. The monoisotopic (exact) mass is 260 g/mol. The molecule has 1 aromatic rings. The molecule has 0 amide bonds. The Kier molecular flexibility index (Phi) is 5.26. The summed E-state index contributed by atoms with van der Waals surface area (Å²) in [6.07, 6.45) is 6.43. The molecule has 1 aliphatic heterocycles. The van der Waals surface area contributed by atoms with E-state index < -0.39 is 0 Å². The van der Waals surface area contributed by atoms with Gasteiger partial charge in [-0.3, -0.25) is 0 Å². The number of rotatable bonds is 5. The lowest BCUT2D eigenvalue weighted by Gasteiger charge is -2.32. The zero-order valence-corrected chi connectivity index (χ0v) is 12.7. The minimum Gasteiger partial charge on any atom is -0.372 e. The van der Waals surface area contributed by atoms with Gasteiger partial charge in [-0.2, -0.15) is 0 Å². The van der Waals surface area contributed by atoms with E-state index in [4.69, 9.17) is 0 Å². The van der Waals surface area contributed by atoms with Crippen molar-refractivity contribution in [3.05, 3.63) is 29.8 Å². The zero-order chi connectivity index (χ0) is 13.7. The predicted octanol–water partition coefficient (Wildman–Crippen LogP) is 3.61. The van der Waals surface area contributed by atoms with E-state index in [-0.39, 0.29) is 0 Å². The van der Waals surface area contributed by atoms with Crippen LogP contribution in [0.1, 0.15) is 45.1 Å². The first kappa shape index (κ1) is 14.4. The van der Waals surface area contributed by atoms with Crippen molar-refractivity contribution in [2.75, 3.05) is 18.5 Å². The van der Waals surface area contributed by atoms with Crippen molar-refractivity contribution < 1.29 is 0 Å². The average molecular weight is 260 g/mol. The van der Waals surface area contributed by atoms with Crippen molar-refractivity contribution in [1.82, 2.24) is 5.32 Å². The molecule has 1 N–H and O–H groups in total. The second-order valence-electron chi connectivity index (χ2n) is 5.86. The second-order valence-corrected chi connectivity index (χ2v) is 5.86. The third kappa shape index (κ3) is 3.97. The van der Waals surface area contributed by atoms with E-state index in [0.29, 0.717) is 12.1 Å². The molecule has 0 spiro atoms. The van der Waals surface area contributed by atoms with E-state index in [9.17, 15) is 0 Å². The molecule has 2 rings (SSSR count). The first-order valence-corrected chi connectivity index (χ1v) is 7.76. The van der Waals surface area contributed by atoms with Crippen molar-refractivity contribution in [1.29, 1.82) is 0 Å². The Morgan fingerprint density at radius 3 is 2.58 bits per heavy atom. The van der Waals surface area contributed by atoms with E-state index in [2.05, 4.69) is 55.4 Å². The summed E-state index contributed by atoms with van der Waals surface area (Å²) in [5.74, 6) is 0. The minimum atomic E-state index is 0.586. The molecule has 0 bridgehead atoms. The van der Waals surface area contributed by atoms with Gasteiger partial charge in [0, 0.05) is 24.8 Å². The Morgan fingerprint density at radius 2 is 2.00 bits per heavy atom. The Hall–Kier alpha value is -1.02. The van der Waals surface area contributed by atoms with Gasteiger partial charge < -0.3 is 10.2 Å². The van der Waals surface area contributed by atoms with Crippen LogP contribution in [0.2, 0.25) is 0 Å². The van der Waals surface area contributed by atoms with Gasteiger partial charge >= 0.3 is 0 Å². The number of aryl methyl sites for hydroxylation is 1. The van der Waals surface area contributed by atoms with Crippen LogP contribution in [0.3, 0.4) is 0 Å². The maximum atomic E-state index is 3.65. The van der Waals surface area contributed by atoms with Gasteiger partial charge in [0.15, 0.2) is 0 Å².